The molecule has 0 aliphatic heterocycles. The highest BCUT2D eigenvalue weighted by Gasteiger charge is 2.26. The largest absolute Gasteiger partial charge is 0.398 e. The van der Waals surface area contributed by atoms with E-state index in [1.165, 1.54) is 31.0 Å². The smallest absolute Gasteiger partial charge is 0.248 e. The van der Waals surface area contributed by atoms with Gasteiger partial charge in [0.2, 0.25) is 15.9 Å². The van der Waals surface area contributed by atoms with Gasteiger partial charge < -0.3 is 16.4 Å². The lowest BCUT2D eigenvalue weighted by Crippen LogP contribution is -2.34. The van der Waals surface area contributed by atoms with Crippen LogP contribution in [-0.4, -0.2) is 45.4 Å². The molecule has 0 unspecified atom stereocenters. The molecule has 0 radical (unpaired) electrons. The average Bonchev–Trinajstić information content (AvgIpc) is 3.22. The molecule has 0 aromatic heterocycles. The standard InChI is InChI=1S/C13H20N4O3S/c1-17(10-3-4-10)7-6-16-21(19,20)12-5-2-9(13(15)18)8-11(12)14/h2,5,8,10,16H,3-4,6-7,14H2,1H3,(H2,15,18). The highest BCUT2D eigenvalue weighted by atomic mass is 32.2. The quantitative estimate of drug-likeness (QED) is 0.599. The Morgan fingerprint density at radius 2 is 2.10 bits per heavy atom. The van der Waals surface area contributed by atoms with Crippen LogP contribution in [0.15, 0.2) is 23.1 Å². The molecule has 0 atom stereocenters. The van der Waals surface area contributed by atoms with Crippen molar-refractivity contribution in [2.24, 2.45) is 5.73 Å². The van der Waals surface area contributed by atoms with Crippen LogP contribution in [0, 0.1) is 0 Å². The number of nitrogens with zero attached hydrogens (tertiary/aromatic N) is 1. The SMILES string of the molecule is CN(CCNS(=O)(=O)c1ccc(C(N)=O)cc1N)C1CC1. The summed E-state index contributed by atoms with van der Waals surface area (Å²) in [5.74, 6) is -0.648. The summed E-state index contributed by atoms with van der Waals surface area (Å²) >= 11 is 0. The molecule has 116 valence electrons. The minimum absolute atomic E-state index is 0.00866. The number of amides is 1. The number of benzene rings is 1. The summed E-state index contributed by atoms with van der Waals surface area (Å²) in [6.45, 7) is 0.954. The van der Waals surface area contributed by atoms with Gasteiger partial charge in [0.15, 0.2) is 0 Å². The summed E-state index contributed by atoms with van der Waals surface area (Å²) in [6, 6.07) is 4.49. The molecule has 0 saturated heterocycles. The Balaban J connectivity index is 2.02. The molecular formula is C13H20N4O3S. The lowest BCUT2D eigenvalue weighted by Gasteiger charge is -2.16. The van der Waals surface area contributed by atoms with Crippen LogP contribution >= 0.6 is 0 Å². The van der Waals surface area contributed by atoms with Crippen molar-refractivity contribution in [1.82, 2.24) is 9.62 Å². The first-order valence-corrected chi connectivity index (χ1v) is 8.19. The number of nitrogens with two attached hydrogens (primary N) is 2. The number of sulfonamides is 1. The van der Waals surface area contributed by atoms with Gasteiger partial charge in [-0.2, -0.15) is 0 Å². The molecule has 1 aromatic carbocycles. The molecule has 1 aromatic rings. The molecule has 0 spiro atoms. The van der Waals surface area contributed by atoms with Crippen molar-refractivity contribution in [2.45, 2.75) is 23.8 Å². The molecule has 7 nitrogen and oxygen atoms in total. The lowest BCUT2D eigenvalue weighted by molar-refractivity contribution is 0.1000. The number of carbonyl (C=O) groups excluding carboxylic acids is 1. The van der Waals surface area contributed by atoms with Gasteiger partial charge in [-0.05, 0) is 38.1 Å². The van der Waals surface area contributed by atoms with E-state index in [9.17, 15) is 13.2 Å². The van der Waals surface area contributed by atoms with Gasteiger partial charge >= 0.3 is 0 Å². The second-order valence-electron chi connectivity index (χ2n) is 5.23. The van der Waals surface area contributed by atoms with E-state index in [0.717, 1.165) is 0 Å². The first-order chi connectivity index (χ1) is 9.81. The Morgan fingerprint density at radius 1 is 1.43 bits per heavy atom. The van der Waals surface area contributed by atoms with Crippen molar-refractivity contribution in [3.05, 3.63) is 23.8 Å². The summed E-state index contributed by atoms with van der Waals surface area (Å²) < 4.78 is 26.9. The second kappa shape index (κ2) is 6.00. The van der Waals surface area contributed by atoms with Gasteiger partial charge in [0.05, 0.1) is 5.69 Å². The number of carbonyl (C=O) groups is 1. The maximum Gasteiger partial charge on any atom is 0.248 e. The molecule has 2 rings (SSSR count). The van der Waals surface area contributed by atoms with E-state index in [2.05, 4.69) is 9.62 Å². The highest BCUT2D eigenvalue weighted by molar-refractivity contribution is 7.89. The molecule has 21 heavy (non-hydrogen) atoms. The van der Waals surface area contributed by atoms with Crippen molar-refractivity contribution < 1.29 is 13.2 Å². The minimum Gasteiger partial charge on any atom is -0.398 e. The van der Waals surface area contributed by atoms with Crippen molar-refractivity contribution in [3.63, 3.8) is 0 Å². The van der Waals surface area contributed by atoms with E-state index >= 15 is 0 Å². The maximum atomic E-state index is 12.2. The van der Waals surface area contributed by atoms with Crippen LogP contribution in [0.4, 0.5) is 5.69 Å². The third-order valence-corrected chi connectivity index (χ3v) is 5.05. The maximum absolute atomic E-state index is 12.2. The normalized spacial score (nSPS) is 15.3. The predicted octanol–water partition coefficient (Wildman–Crippen LogP) is -0.260. The predicted molar refractivity (Wildman–Crippen MR) is 80.2 cm³/mol. The third kappa shape index (κ3) is 3.93. The van der Waals surface area contributed by atoms with Crippen molar-refractivity contribution >= 4 is 21.6 Å². The topological polar surface area (TPSA) is 119 Å². The number of anilines is 1. The van der Waals surface area contributed by atoms with Gasteiger partial charge in [-0.15, -0.1) is 0 Å². The number of rotatable bonds is 7. The summed E-state index contributed by atoms with van der Waals surface area (Å²) in [4.78, 5) is 13.1. The van der Waals surface area contributed by atoms with Gasteiger partial charge in [-0.25, -0.2) is 13.1 Å². The summed E-state index contributed by atoms with van der Waals surface area (Å²) in [7, 11) is -1.71. The fourth-order valence-electron chi connectivity index (χ4n) is 2.08. The molecule has 1 fully saturated rings. The highest BCUT2D eigenvalue weighted by Crippen LogP contribution is 2.24. The third-order valence-electron chi connectivity index (χ3n) is 3.51. The van der Waals surface area contributed by atoms with Gasteiger partial charge in [0, 0.05) is 24.7 Å². The van der Waals surface area contributed by atoms with Crippen LogP contribution in [0.5, 0.6) is 0 Å². The van der Waals surface area contributed by atoms with Gasteiger partial charge in [0.1, 0.15) is 4.90 Å². The van der Waals surface area contributed by atoms with Crippen molar-refractivity contribution in [1.29, 1.82) is 0 Å². The molecular weight excluding hydrogens is 292 g/mol. The van der Waals surface area contributed by atoms with Gasteiger partial charge in [-0.3, -0.25) is 4.79 Å². The number of likely N-dealkylation sites (N-methyl/N-ethyl adjacent to an activating group) is 1. The second-order valence-corrected chi connectivity index (χ2v) is 6.96. The fourth-order valence-corrected chi connectivity index (χ4v) is 3.21. The zero-order valence-corrected chi connectivity index (χ0v) is 12.7. The van der Waals surface area contributed by atoms with Crippen LogP contribution in [-0.2, 0) is 10.0 Å². The monoisotopic (exact) mass is 312 g/mol. The molecule has 5 N–H and O–H groups in total. The first kappa shape index (κ1) is 15.7. The Bertz CT molecular complexity index is 641. The van der Waals surface area contributed by atoms with E-state index in [-0.39, 0.29) is 16.1 Å². The van der Waals surface area contributed by atoms with Crippen molar-refractivity contribution in [3.8, 4) is 0 Å². The fraction of sp³-hybridized carbons (Fsp3) is 0.462. The Hall–Kier alpha value is -1.64. The zero-order valence-electron chi connectivity index (χ0n) is 11.9. The Morgan fingerprint density at radius 3 is 2.62 bits per heavy atom. The van der Waals surface area contributed by atoms with E-state index in [1.807, 2.05) is 7.05 Å². The van der Waals surface area contributed by atoms with Crippen LogP contribution < -0.4 is 16.2 Å². The van der Waals surface area contributed by atoms with E-state index in [0.29, 0.717) is 19.1 Å². The summed E-state index contributed by atoms with van der Waals surface area (Å²) in [6.07, 6.45) is 2.34. The number of nitrogens with one attached hydrogen (secondary N) is 1. The lowest BCUT2D eigenvalue weighted by atomic mass is 10.2. The molecule has 0 heterocycles. The van der Waals surface area contributed by atoms with E-state index in [1.54, 1.807) is 0 Å². The summed E-state index contributed by atoms with van der Waals surface area (Å²) in [5.41, 5.74) is 11.0. The molecule has 1 amide bonds. The minimum atomic E-state index is -3.69. The van der Waals surface area contributed by atoms with Crippen LogP contribution in [0.1, 0.15) is 23.2 Å². The zero-order chi connectivity index (χ0) is 15.6. The number of primary amides is 1. The number of hydrogen-bond donors (Lipinski definition) is 3. The van der Waals surface area contributed by atoms with Crippen molar-refractivity contribution in [2.75, 3.05) is 25.9 Å². The number of nitrogen functional groups attached to an aromatic ring is 1. The number of hydrogen-bond acceptors (Lipinski definition) is 5. The molecule has 1 aliphatic carbocycles. The van der Waals surface area contributed by atoms with E-state index < -0.39 is 15.9 Å². The first-order valence-electron chi connectivity index (χ1n) is 6.70. The van der Waals surface area contributed by atoms with Crippen LogP contribution in [0.2, 0.25) is 0 Å². The molecule has 8 heteroatoms. The Labute approximate surface area is 124 Å². The van der Waals surface area contributed by atoms with Gasteiger partial charge in [0.25, 0.3) is 0 Å². The molecule has 0 bridgehead atoms. The van der Waals surface area contributed by atoms with Crippen LogP contribution in [0.3, 0.4) is 0 Å². The van der Waals surface area contributed by atoms with E-state index in [4.69, 9.17) is 11.5 Å². The molecule has 1 saturated carbocycles. The molecule has 1 aliphatic rings. The average molecular weight is 312 g/mol. The Kier molecular flexibility index (Phi) is 4.50. The van der Waals surface area contributed by atoms with Crippen LogP contribution in [0.25, 0.3) is 0 Å². The van der Waals surface area contributed by atoms with Gasteiger partial charge in [-0.1, -0.05) is 0 Å². The summed E-state index contributed by atoms with van der Waals surface area (Å²) in [5, 5.41) is 0.